The van der Waals surface area contributed by atoms with Crippen molar-refractivity contribution in [1.29, 1.82) is 0 Å². The Morgan fingerprint density at radius 1 is 1.38 bits per heavy atom. The number of aliphatic carboxylic acids is 1. The molecule has 1 rings (SSSR count). The average molecular weight is 296 g/mol. The molecule has 7 heteroatoms. The lowest BCUT2D eigenvalue weighted by atomic mass is 9.97. The highest BCUT2D eigenvalue weighted by atomic mass is 16.4. The van der Waals surface area contributed by atoms with Crippen LogP contribution in [0.3, 0.4) is 0 Å². The minimum Gasteiger partial charge on any atom is -0.480 e. The Morgan fingerprint density at radius 2 is 2.14 bits per heavy atom. The minimum atomic E-state index is -1.21. The van der Waals surface area contributed by atoms with Crippen LogP contribution in [0.25, 0.3) is 0 Å². The predicted octanol–water partition coefficient (Wildman–Crippen LogP) is 1.61. The van der Waals surface area contributed by atoms with Crippen molar-refractivity contribution < 1.29 is 14.7 Å². The molecular formula is C14H24N4O3. The van der Waals surface area contributed by atoms with Crippen molar-refractivity contribution in [2.24, 2.45) is 0 Å². The van der Waals surface area contributed by atoms with Gasteiger partial charge < -0.3 is 20.3 Å². The second-order valence-corrected chi connectivity index (χ2v) is 5.28. The topological polar surface area (TPSA) is 96.3 Å². The molecule has 0 saturated heterocycles. The third-order valence-corrected chi connectivity index (χ3v) is 3.30. The quantitative estimate of drug-likeness (QED) is 0.603. The number of aromatic nitrogens is 2. The molecule has 0 aliphatic rings. The van der Waals surface area contributed by atoms with Gasteiger partial charge in [0.2, 0.25) is 0 Å². The van der Waals surface area contributed by atoms with Gasteiger partial charge in [-0.1, -0.05) is 13.3 Å². The molecule has 0 spiro atoms. The normalized spacial score (nSPS) is 13.4. The van der Waals surface area contributed by atoms with Crippen molar-refractivity contribution in [2.45, 2.75) is 51.6 Å². The van der Waals surface area contributed by atoms with Gasteiger partial charge in [-0.2, -0.15) is 0 Å². The molecule has 1 aromatic rings. The highest BCUT2D eigenvalue weighted by Crippen LogP contribution is 2.12. The summed E-state index contributed by atoms with van der Waals surface area (Å²) in [5.41, 5.74) is -1.21. The van der Waals surface area contributed by atoms with Crippen LogP contribution in [0.5, 0.6) is 0 Å². The molecule has 7 nitrogen and oxygen atoms in total. The number of urea groups is 1. The van der Waals surface area contributed by atoms with Gasteiger partial charge in [0.15, 0.2) is 0 Å². The fourth-order valence-corrected chi connectivity index (χ4v) is 2.06. The first-order valence-corrected chi connectivity index (χ1v) is 7.23. The lowest BCUT2D eigenvalue weighted by Crippen LogP contribution is -2.55. The Balaban J connectivity index is 2.22. The second-order valence-electron chi connectivity index (χ2n) is 5.28. The van der Waals surface area contributed by atoms with E-state index >= 15 is 0 Å². The molecule has 0 radical (unpaired) electrons. The first-order valence-electron chi connectivity index (χ1n) is 7.23. The number of carboxylic acids is 1. The maximum atomic E-state index is 11.7. The Kier molecular flexibility index (Phi) is 6.71. The fraction of sp³-hybridized carbons (Fsp3) is 0.643. The highest BCUT2D eigenvalue weighted by Gasteiger charge is 2.33. The zero-order valence-corrected chi connectivity index (χ0v) is 12.6. The summed E-state index contributed by atoms with van der Waals surface area (Å²) in [4.78, 5) is 26.9. The summed E-state index contributed by atoms with van der Waals surface area (Å²) in [6, 6.07) is -0.434. The first-order chi connectivity index (χ1) is 9.98. The summed E-state index contributed by atoms with van der Waals surface area (Å²) in [7, 11) is 0. The Morgan fingerprint density at radius 3 is 2.71 bits per heavy atom. The van der Waals surface area contributed by atoms with Crippen LogP contribution in [0, 0.1) is 0 Å². The van der Waals surface area contributed by atoms with Gasteiger partial charge in [0, 0.05) is 25.5 Å². The number of nitrogens with zero attached hydrogens (tertiary/aromatic N) is 2. The van der Waals surface area contributed by atoms with Crippen LogP contribution in [0.15, 0.2) is 18.7 Å². The van der Waals surface area contributed by atoms with E-state index in [1.54, 1.807) is 12.5 Å². The van der Waals surface area contributed by atoms with Crippen molar-refractivity contribution >= 4 is 12.0 Å². The molecule has 0 aliphatic carbocycles. The van der Waals surface area contributed by atoms with Gasteiger partial charge in [-0.15, -0.1) is 0 Å². The molecule has 1 unspecified atom stereocenters. The van der Waals surface area contributed by atoms with Crippen molar-refractivity contribution in [2.75, 3.05) is 6.54 Å². The molecule has 0 bridgehead atoms. The summed E-state index contributed by atoms with van der Waals surface area (Å²) in [6.07, 6.45) is 8.20. The smallest absolute Gasteiger partial charge is 0.329 e. The lowest BCUT2D eigenvalue weighted by molar-refractivity contribution is -0.144. The third kappa shape index (κ3) is 5.85. The lowest BCUT2D eigenvalue weighted by Gasteiger charge is -2.25. The minimum absolute atomic E-state index is 0.399. The maximum Gasteiger partial charge on any atom is 0.329 e. The highest BCUT2D eigenvalue weighted by molar-refractivity contribution is 5.85. The van der Waals surface area contributed by atoms with E-state index in [0.717, 1.165) is 19.4 Å². The summed E-state index contributed by atoms with van der Waals surface area (Å²) in [6.45, 7) is 4.78. The van der Waals surface area contributed by atoms with E-state index in [1.807, 2.05) is 17.7 Å². The number of amides is 2. The SMILES string of the molecule is CCCC(C)(NC(=O)NCCCCn1ccnc1)C(=O)O. The van der Waals surface area contributed by atoms with Gasteiger partial charge in [-0.05, 0) is 26.2 Å². The van der Waals surface area contributed by atoms with Crippen LogP contribution in [0.4, 0.5) is 4.79 Å². The third-order valence-electron chi connectivity index (χ3n) is 3.30. The van der Waals surface area contributed by atoms with Gasteiger partial charge >= 0.3 is 12.0 Å². The standard InChI is InChI=1S/C14H24N4O3/c1-3-6-14(2,12(19)20)17-13(21)16-7-4-5-9-18-10-8-15-11-18/h8,10-11H,3-7,9H2,1-2H3,(H,19,20)(H2,16,17,21). The molecule has 0 fully saturated rings. The maximum absolute atomic E-state index is 11.7. The molecule has 0 aromatic carbocycles. The van der Waals surface area contributed by atoms with Crippen LogP contribution < -0.4 is 10.6 Å². The molecule has 1 aromatic heterocycles. The van der Waals surface area contributed by atoms with Crippen molar-refractivity contribution in [1.82, 2.24) is 20.2 Å². The molecule has 21 heavy (non-hydrogen) atoms. The van der Waals surface area contributed by atoms with E-state index in [0.29, 0.717) is 19.4 Å². The number of nitrogens with one attached hydrogen (secondary N) is 2. The number of carboxylic acid groups (broad SMARTS) is 1. The van der Waals surface area contributed by atoms with Gasteiger partial charge in [0.05, 0.1) is 6.33 Å². The van der Waals surface area contributed by atoms with E-state index in [1.165, 1.54) is 6.92 Å². The molecule has 3 N–H and O–H groups in total. The fourth-order valence-electron chi connectivity index (χ4n) is 2.06. The van der Waals surface area contributed by atoms with Gasteiger partial charge in [-0.3, -0.25) is 0 Å². The number of carbonyl (C=O) groups is 2. The molecule has 0 aliphatic heterocycles. The van der Waals surface area contributed by atoms with Crippen LogP contribution in [0.1, 0.15) is 39.5 Å². The van der Waals surface area contributed by atoms with E-state index < -0.39 is 17.5 Å². The largest absolute Gasteiger partial charge is 0.480 e. The number of imidazole rings is 1. The number of unbranched alkanes of at least 4 members (excludes halogenated alkanes) is 1. The Bertz CT molecular complexity index is 447. The van der Waals surface area contributed by atoms with Gasteiger partial charge in [0.25, 0.3) is 0 Å². The van der Waals surface area contributed by atoms with Gasteiger partial charge in [0.1, 0.15) is 5.54 Å². The predicted molar refractivity (Wildman–Crippen MR) is 78.9 cm³/mol. The number of rotatable bonds is 9. The average Bonchev–Trinajstić information content (AvgIpc) is 2.91. The Hall–Kier alpha value is -2.05. The second kappa shape index (κ2) is 8.28. The molecule has 1 atom stereocenters. The van der Waals surface area contributed by atoms with Crippen molar-refractivity contribution in [3.05, 3.63) is 18.7 Å². The van der Waals surface area contributed by atoms with E-state index in [9.17, 15) is 14.7 Å². The summed E-state index contributed by atoms with van der Waals surface area (Å²) in [5.74, 6) is -1.01. The van der Waals surface area contributed by atoms with E-state index in [2.05, 4.69) is 15.6 Å². The zero-order valence-electron chi connectivity index (χ0n) is 12.6. The van der Waals surface area contributed by atoms with Crippen molar-refractivity contribution in [3.63, 3.8) is 0 Å². The molecule has 0 saturated carbocycles. The van der Waals surface area contributed by atoms with Crippen LogP contribution in [-0.2, 0) is 11.3 Å². The molecule has 118 valence electrons. The number of carbonyl (C=O) groups excluding carboxylic acids is 1. The molecular weight excluding hydrogens is 272 g/mol. The summed E-state index contributed by atoms with van der Waals surface area (Å²) >= 11 is 0. The van der Waals surface area contributed by atoms with Crippen molar-refractivity contribution in [3.8, 4) is 0 Å². The molecule has 1 heterocycles. The van der Waals surface area contributed by atoms with E-state index in [4.69, 9.17) is 0 Å². The number of hydrogen-bond donors (Lipinski definition) is 3. The summed E-state index contributed by atoms with van der Waals surface area (Å²) in [5, 5.41) is 14.4. The zero-order chi connectivity index (χ0) is 15.7. The molecule has 2 amide bonds. The first kappa shape index (κ1) is 17.0. The number of aryl methyl sites for hydroxylation is 1. The van der Waals surface area contributed by atoms with Crippen LogP contribution in [-0.4, -0.2) is 38.7 Å². The van der Waals surface area contributed by atoms with Gasteiger partial charge in [-0.25, -0.2) is 14.6 Å². The number of hydrogen-bond acceptors (Lipinski definition) is 3. The summed E-state index contributed by atoms with van der Waals surface area (Å²) < 4.78 is 1.98. The van der Waals surface area contributed by atoms with Crippen LogP contribution >= 0.6 is 0 Å². The van der Waals surface area contributed by atoms with E-state index in [-0.39, 0.29) is 0 Å². The van der Waals surface area contributed by atoms with Crippen LogP contribution in [0.2, 0.25) is 0 Å². The monoisotopic (exact) mass is 296 g/mol. The Labute approximate surface area is 124 Å².